The first-order valence-corrected chi connectivity index (χ1v) is 9.96. The molecule has 0 saturated heterocycles. The van der Waals surface area contributed by atoms with E-state index >= 15 is 0 Å². The van der Waals surface area contributed by atoms with E-state index in [0.717, 1.165) is 6.07 Å². The Morgan fingerprint density at radius 1 is 0.390 bits per heavy atom. The van der Waals surface area contributed by atoms with Crippen molar-refractivity contribution in [3.8, 4) is 16.9 Å². The maximum Gasteiger partial charge on any atom is 0.460 e. The molecule has 0 fully saturated rings. The zero-order valence-electron chi connectivity index (χ0n) is 18.7. The highest BCUT2D eigenvalue weighted by Gasteiger charge is 2.96. The van der Waals surface area contributed by atoms with Gasteiger partial charge in [0.05, 0.1) is 0 Å². The van der Waals surface area contributed by atoms with Crippen molar-refractivity contribution in [1.82, 2.24) is 0 Å². The Hall–Kier alpha value is -3.09. The zero-order valence-corrected chi connectivity index (χ0v) is 18.7. The average molecular weight is 638 g/mol. The molecule has 0 saturated carbocycles. The molecule has 2 aromatic rings. The largest absolute Gasteiger partial charge is 0.508 e. The van der Waals surface area contributed by atoms with Crippen LogP contribution in [0.5, 0.6) is 5.75 Å². The molecule has 0 radical (unpaired) electrons. The molecule has 2 aromatic carbocycles. The molecule has 0 unspecified atom stereocenters. The first-order chi connectivity index (χ1) is 18.0. The van der Waals surface area contributed by atoms with Crippen LogP contribution >= 0.6 is 0 Å². The standard InChI is InChI=1S/C21H9F19O/c22-13(23,12-4-2-1-3-11(12)9-5-7-10(41)8-6-9)14(24,25)15(26,27)16(28,29)17(30,31)18(32,33)19(34,35)20(36,37)21(38,39)40/h1-8,41H. The first-order valence-electron chi connectivity index (χ1n) is 9.96. The first kappa shape index (κ1) is 34.1. The summed E-state index contributed by atoms with van der Waals surface area (Å²) < 4.78 is 259. The normalized spacial score (nSPS) is 15.3. The molecule has 0 aliphatic rings. The van der Waals surface area contributed by atoms with E-state index in [1.807, 2.05) is 0 Å². The van der Waals surface area contributed by atoms with Gasteiger partial charge in [0.15, 0.2) is 0 Å². The minimum absolute atomic E-state index is 0.172. The van der Waals surface area contributed by atoms with E-state index in [1.165, 1.54) is 0 Å². The molecule has 0 amide bonds. The summed E-state index contributed by atoms with van der Waals surface area (Å²) in [5, 5.41) is 9.21. The molecule has 2 rings (SSSR count). The van der Waals surface area contributed by atoms with Crippen LogP contribution < -0.4 is 0 Å². The van der Waals surface area contributed by atoms with Crippen LogP contribution in [0.3, 0.4) is 0 Å². The maximum absolute atomic E-state index is 14.8. The fourth-order valence-corrected chi connectivity index (χ4v) is 3.18. The van der Waals surface area contributed by atoms with Gasteiger partial charge in [0, 0.05) is 5.56 Å². The SMILES string of the molecule is Oc1ccc(-c2ccccc2C(F)(F)C(F)(F)C(F)(F)C(F)(F)C(F)(F)C(F)(F)C(F)(F)C(F)(F)C(F)(F)F)cc1. The maximum atomic E-state index is 14.8. The minimum Gasteiger partial charge on any atom is -0.508 e. The van der Waals surface area contributed by atoms with Crippen LogP contribution in [0.2, 0.25) is 0 Å². The Morgan fingerprint density at radius 2 is 0.732 bits per heavy atom. The quantitative estimate of drug-likeness (QED) is 0.272. The summed E-state index contributed by atoms with van der Waals surface area (Å²) in [6.45, 7) is 0. The molecule has 1 N–H and O–H groups in total. The number of halogens is 19. The Bertz CT molecular complexity index is 1240. The number of aromatic hydroxyl groups is 1. The van der Waals surface area contributed by atoms with Gasteiger partial charge in [0.1, 0.15) is 5.75 Å². The molecule has 232 valence electrons. The lowest BCUT2D eigenvalue weighted by Gasteiger charge is -2.44. The summed E-state index contributed by atoms with van der Waals surface area (Å²) >= 11 is 0. The van der Waals surface area contributed by atoms with Crippen molar-refractivity contribution in [2.45, 2.75) is 53.6 Å². The third-order valence-electron chi connectivity index (χ3n) is 5.56. The fraction of sp³-hybridized carbons (Fsp3) is 0.429. The van der Waals surface area contributed by atoms with Gasteiger partial charge in [-0.25, -0.2) is 0 Å². The van der Waals surface area contributed by atoms with Gasteiger partial charge in [0.25, 0.3) is 0 Å². The number of phenolic OH excluding ortho intramolecular Hbond substituents is 1. The summed E-state index contributed by atoms with van der Waals surface area (Å²) in [4.78, 5) is 0. The average Bonchev–Trinajstić information content (AvgIpc) is 2.82. The predicted octanol–water partition coefficient (Wildman–Crippen LogP) is 9.16. The third kappa shape index (κ3) is 4.51. The molecule has 20 heteroatoms. The van der Waals surface area contributed by atoms with Crippen LogP contribution in [0, 0.1) is 0 Å². The molecule has 41 heavy (non-hydrogen) atoms. The molecule has 0 aliphatic carbocycles. The van der Waals surface area contributed by atoms with Crippen molar-refractivity contribution in [3.63, 3.8) is 0 Å². The summed E-state index contributed by atoms with van der Waals surface area (Å²) in [5.41, 5.74) is -4.30. The van der Waals surface area contributed by atoms with Gasteiger partial charge in [-0.15, -0.1) is 0 Å². The number of alkyl halides is 19. The highest BCUT2D eigenvalue weighted by molar-refractivity contribution is 5.69. The van der Waals surface area contributed by atoms with Crippen LogP contribution in [-0.2, 0) is 5.92 Å². The molecule has 0 bridgehead atoms. The van der Waals surface area contributed by atoms with E-state index in [2.05, 4.69) is 0 Å². The summed E-state index contributed by atoms with van der Waals surface area (Å²) in [7, 11) is 0. The Kier molecular flexibility index (Phi) is 7.88. The molecular weight excluding hydrogens is 629 g/mol. The van der Waals surface area contributed by atoms with Gasteiger partial charge in [-0.05, 0) is 23.3 Å². The Labute approximate surface area is 214 Å². The molecule has 1 nitrogen and oxygen atoms in total. The minimum atomic E-state index is -8.97. The van der Waals surface area contributed by atoms with E-state index < -0.39 is 76.0 Å². The van der Waals surface area contributed by atoms with Gasteiger partial charge in [-0.2, -0.15) is 83.4 Å². The fourth-order valence-electron chi connectivity index (χ4n) is 3.18. The van der Waals surface area contributed by atoms with Crippen LogP contribution in [0.15, 0.2) is 48.5 Å². The van der Waals surface area contributed by atoms with Crippen molar-refractivity contribution in [1.29, 1.82) is 0 Å². The highest BCUT2D eigenvalue weighted by Crippen LogP contribution is 2.66. The van der Waals surface area contributed by atoms with E-state index in [1.54, 1.807) is 0 Å². The van der Waals surface area contributed by atoms with Crippen molar-refractivity contribution >= 4 is 0 Å². The smallest absolute Gasteiger partial charge is 0.460 e. The number of benzene rings is 2. The predicted molar refractivity (Wildman–Crippen MR) is 98.1 cm³/mol. The van der Waals surface area contributed by atoms with Crippen molar-refractivity contribution in [2.75, 3.05) is 0 Å². The van der Waals surface area contributed by atoms with Gasteiger partial charge in [0.2, 0.25) is 0 Å². The van der Waals surface area contributed by atoms with Crippen molar-refractivity contribution < 1.29 is 88.5 Å². The highest BCUT2D eigenvalue weighted by atomic mass is 19.4. The van der Waals surface area contributed by atoms with Crippen molar-refractivity contribution in [2.24, 2.45) is 0 Å². The van der Waals surface area contributed by atoms with E-state index in [0.29, 0.717) is 36.4 Å². The Morgan fingerprint density at radius 3 is 1.12 bits per heavy atom. The van der Waals surface area contributed by atoms with Crippen molar-refractivity contribution in [3.05, 3.63) is 54.1 Å². The second-order valence-electron chi connectivity index (χ2n) is 8.19. The monoisotopic (exact) mass is 638 g/mol. The lowest BCUT2D eigenvalue weighted by molar-refractivity contribution is -0.469. The Balaban J connectivity index is 2.75. The van der Waals surface area contributed by atoms with E-state index in [9.17, 15) is 88.5 Å². The molecule has 0 atom stereocenters. The zero-order chi connectivity index (χ0) is 32.5. The molecule has 0 spiro atoms. The van der Waals surface area contributed by atoms with Gasteiger partial charge in [-0.1, -0.05) is 36.4 Å². The lowest BCUT2D eigenvalue weighted by atomic mass is 9.84. The van der Waals surface area contributed by atoms with Gasteiger partial charge in [-0.3, -0.25) is 0 Å². The van der Waals surface area contributed by atoms with Gasteiger partial charge >= 0.3 is 53.6 Å². The number of phenols is 1. The lowest BCUT2D eigenvalue weighted by Crippen LogP contribution is -2.75. The summed E-state index contributed by atoms with van der Waals surface area (Å²) in [6, 6.07) is 4.11. The molecule has 0 aliphatic heterocycles. The second-order valence-corrected chi connectivity index (χ2v) is 8.19. The second kappa shape index (κ2) is 9.47. The van der Waals surface area contributed by atoms with Gasteiger partial charge < -0.3 is 5.11 Å². The summed E-state index contributed by atoms with van der Waals surface area (Å²) in [6.07, 6.45) is -7.93. The molecule has 0 aromatic heterocycles. The van der Waals surface area contributed by atoms with Crippen LogP contribution in [0.4, 0.5) is 83.4 Å². The molecular formula is C21H9F19O. The topological polar surface area (TPSA) is 20.2 Å². The molecule has 0 heterocycles. The summed E-state index contributed by atoms with van der Waals surface area (Å²) in [5.74, 6) is -67.8. The number of hydrogen-bond acceptors (Lipinski definition) is 1. The van der Waals surface area contributed by atoms with E-state index in [-0.39, 0.29) is 6.07 Å². The number of rotatable bonds is 9. The van der Waals surface area contributed by atoms with Crippen LogP contribution in [0.1, 0.15) is 5.56 Å². The van der Waals surface area contributed by atoms with Crippen LogP contribution in [0.25, 0.3) is 11.1 Å². The number of hydrogen-bond donors (Lipinski definition) is 1. The third-order valence-corrected chi connectivity index (χ3v) is 5.56. The van der Waals surface area contributed by atoms with E-state index in [4.69, 9.17) is 0 Å². The van der Waals surface area contributed by atoms with Crippen LogP contribution in [-0.4, -0.2) is 52.7 Å².